The van der Waals surface area contributed by atoms with Crippen LogP contribution in [0.5, 0.6) is 0 Å². The third kappa shape index (κ3) is 4.67. The van der Waals surface area contributed by atoms with Crippen LogP contribution >= 0.6 is 0 Å². The van der Waals surface area contributed by atoms with Crippen molar-refractivity contribution in [1.29, 1.82) is 0 Å². The second kappa shape index (κ2) is 6.70. The zero-order chi connectivity index (χ0) is 13.7. The van der Waals surface area contributed by atoms with Gasteiger partial charge in [0.05, 0.1) is 0 Å². The molecule has 2 rings (SSSR count). The normalized spacial score (nSPS) is 14.7. The third-order valence-corrected chi connectivity index (χ3v) is 3.28. The van der Waals surface area contributed by atoms with Crippen LogP contribution in [0.25, 0.3) is 0 Å². The number of nitrogens with zero attached hydrogens (tertiary/aromatic N) is 3. The summed E-state index contributed by atoms with van der Waals surface area (Å²) in [6.45, 7) is 2.11. The maximum atomic E-state index is 4.60. The number of hydrogen-bond acceptors (Lipinski definition) is 5. The average molecular weight is 263 g/mol. The molecule has 1 aliphatic rings. The van der Waals surface area contributed by atoms with Crippen LogP contribution < -0.4 is 10.6 Å². The highest BCUT2D eigenvalue weighted by molar-refractivity contribution is 5.47. The van der Waals surface area contributed by atoms with Gasteiger partial charge in [0.2, 0.25) is 0 Å². The second-order valence-corrected chi connectivity index (χ2v) is 5.46. The van der Waals surface area contributed by atoms with Gasteiger partial charge in [-0.1, -0.05) is 0 Å². The highest BCUT2D eigenvalue weighted by atomic mass is 15.1. The molecule has 0 aromatic carbocycles. The van der Waals surface area contributed by atoms with E-state index >= 15 is 0 Å². The molecular formula is C14H25N5. The molecule has 0 spiro atoms. The highest BCUT2D eigenvalue weighted by Crippen LogP contribution is 2.38. The van der Waals surface area contributed by atoms with Crippen LogP contribution in [0, 0.1) is 0 Å². The zero-order valence-electron chi connectivity index (χ0n) is 12.2. The van der Waals surface area contributed by atoms with Crippen molar-refractivity contribution in [3.05, 3.63) is 11.9 Å². The molecule has 5 heteroatoms. The minimum Gasteiger partial charge on any atom is -0.373 e. The zero-order valence-corrected chi connectivity index (χ0v) is 12.2. The van der Waals surface area contributed by atoms with Crippen molar-refractivity contribution in [3.8, 4) is 0 Å². The first-order valence-electron chi connectivity index (χ1n) is 7.14. The lowest BCUT2D eigenvalue weighted by atomic mass is 10.3. The first-order chi connectivity index (χ1) is 9.19. The van der Waals surface area contributed by atoms with Gasteiger partial charge in [0.25, 0.3) is 0 Å². The molecule has 1 saturated carbocycles. The van der Waals surface area contributed by atoms with Gasteiger partial charge in [-0.2, -0.15) is 0 Å². The highest BCUT2D eigenvalue weighted by Gasteiger charge is 2.27. The van der Waals surface area contributed by atoms with Crippen molar-refractivity contribution < 1.29 is 0 Å². The smallest absolute Gasteiger partial charge is 0.136 e. The van der Waals surface area contributed by atoms with E-state index in [-0.39, 0.29) is 0 Å². The van der Waals surface area contributed by atoms with Gasteiger partial charge in [0, 0.05) is 25.6 Å². The summed E-state index contributed by atoms with van der Waals surface area (Å²) in [5.74, 6) is 3.43. The Hall–Kier alpha value is -1.36. The van der Waals surface area contributed by atoms with Gasteiger partial charge in [0.15, 0.2) is 0 Å². The predicted octanol–water partition coefficient (Wildman–Crippen LogP) is 2.15. The number of unbranched alkanes of at least 4 members (excludes halogenated alkanes) is 1. The Labute approximate surface area is 115 Å². The molecule has 1 heterocycles. The maximum absolute atomic E-state index is 4.60. The summed E-state index contributed by atoms with van der Waals surface area (Å²) in [5, 5.41) is 6.52. The Kier molecular flexibility index (Phi) is 4.96. The molecular weight excluding hydrogens is 238 g/mol. The van der Waals surface area contributed by atoms with Gasteiger partial charge in [-0.25, -0.2) is 9.97 Å². The first kappa shape index (κ1) is 14.1. The lowest BCUT2D eigenvalue weighted by Crippen LogP contribution is -2.14. The molecule has 0 atom stereocenters. The van der Waals surface area contributed by atoms with E-state index in [9.17, 15) is 0 Å². The SMILES string of the molecule is CNc1cc(NCCCCN(C)C)nc(C2CC2)n1. The van der Waals surface area contributed by atoms with E-state index in [4.69, 9.17) is 0 Å². The second-order valence-electron chi connectivity index (χ2n) is 5.46. The fourth-order valence-electron chi connectivity index (χ4n) is 1.98. The number of anilines is 2. The molecule has 2 N–H and O–H groups in total. The van der Waals surface area contributed by atoms with E-state index in [0.717, 1.165) is 37.0 Å². The molecule has 0 amide bonds. The van der Waals surface area contributed by atoms with Gasteiger partial charge in [-0.05, 0) is 46.3 Å². The topological polar surface area (TPSA) is 53.1 Å². The van der Waals surface area contributed by atoms with E-state index in [1.54, 1.807) is 0 Å². The predicted molar refractivity (Wildman–Crippen MR) is 79.8 cm³/mol. The van der Waals surface area contributed by atoms with Crippen molar-refractivity contribution in [1.82, 2.24) is 14.9 Å². The Morgan fingerprint density at radius 2 is 1.95 bits per heavy atom. The molecule has 5 nitrogen and oxygen atoms in total. The summed E-state index contributed by atoms with van der Waals surface area (Å²) >= 11 is 0. The van der Waals surface area contributed by atoms with Gasteiger partial charge in [0.1, 0.15) is 17.5 Å². The lowest BCUT2D eigenvalue weighted by Gasteiger charge is -2.11. The average Bonchev–Trinajstić information content (AvgIpc) is 3.22. The summed E-state index contributed by atoms with van der Waals surface area (Å²) < 4.78 is 0. The van der Waals surface area contributed by atoms with E-state index in [0.29, 0.717) is 5.92 Å². The fourth-order valence-corrected chi connectivity index (χ4v) is 1.98. The molecule has 19 heavy (non-hydrogen) atoms. The van der Waals surface area contributed by atoms with Crippen LogP contribution in [0.1, 0.15) is 37.4 Å². The molecule has 0 unspecified atom stereocenters. The molecule has 0 aliphatic heterocycles. The van der Waals surface area contributed by atoms with E-state index in [1.165, 1.54) is 19.3 Å². The van der Waals surface area contributed by atoms with Crippen LogP contribution in [0.2, 0.25) is 0 Å². The Bertz CT molecular complexity index is 401. The van der Waals surface area contributed by atoms with Gasteiger partial charge in [-0.15, -0.1) is 0 Å². The minimum atomic E-state index is 0.586. The molecule has 1 aromatic heterocycles. The first-order valence-corrected chi connectivity index (χ1v) is 7.14. The monoisotopic (exact) mass is 263 g/mol. The number of aromatic nitrogens is 2. The third-order valence-electron chi connectivity index (χ3n) is 3.28. The molecule has 1 aromatic rings. The van der Waals surface area contributed by atoms with Crippen molar-refractivity contribution in [3.63, 3.8) is 0 Å². The summed E-state index contributed by atoms with van der Waals surface area (Å²) in [4.78, 5) is 11.3. The van der Waals surface area contributed by atoms with Crippen LogP contribution in [-0.4, -0.2) is 49.1 Å². The maximum Gasteiger partial charge on any atom is 0.136 e. The number of nitrogens with one attached hydrogen (secondary N) is 2. The van der Waals surface area contributed by atoms with Gasteiger partial charge < -0.3 is 15.5 Å². The van der Waals surface area contributed by atoms with Crippen molar-refractivity contribution in [2.24, 2.45) is 0 Å². The Morgan fingerprint density at radius 1 is 1.21 bits per heavy atom. The van der Waals surface area contributed by atoms with Crippen LogP contribution in [0.4, 0.5) is 11.6 Å². The van der Waals surface area contributed by atoms with Crippen molar-refractivity contribution in [2.75, 3.05) is 44.9 Å². The van der Waals surface area contributed by atoms with E-state index in [2.05, 4.69) is 39.6 Å². The van der Waals surface area contributed by atoms with Gasteiger partial charge in [-0.3, -0.25) is 0 Å². The standard InChI is InChI=1S/C14H25N5/c1-15-12-10-13(16-8-4-5-9-19(2)3)18-14(17-12)11-6-7-11/h10-11H,4-9H2,1-3H3,(H2,15,16,17,18). The number of rotatable bonds is 8. The van der Waals surface area contributed by atoms with Gasteiger partial charge >= 0.3 is 0 Å². The summed E-state index contributed by atoms with van der Waals surface area (Å²) in [7, 11) is 6.12. The molecule has 1 fully saturated rings. The molecule has 0 radical (unpaired) electrons. The van der Waals surface area contributed by atoms with Crippen LogP contribution in [0.15, 0.2) is 6.07 Å². The fraction of sp³-hybridized carbons (Fsp3) is 0.714. The van der Waals surface area contributed by atoms with Crippen LogP contribution in [0.3, 0.4) is 0 Å². The van der Waals surface area contributed by atoms with Crippen molar-refractivity contribution >= 4 is 11.6 Å². The van der Waals surface area contributed by atoms with Crippen LogP contribution in [-0.2, 0) is 0 Å². The molecule has 1 aliphatic carbocycles. The van der Waals surface area contributed by atoms with Crippen molar-refractivity contribution in [2.45, 2.75) is 31.6 Å². The van der Waals surface area contributed by atoms with E-state index in [1.807, 2.05) is 13.1 Å². The Morgan fingerprint density at radius 3 is 2.58 bits per heavy atom. The molecule has 106 valence electrons. The largest absolute Gasteiger partial charge is 0.373 e. The minimum absolute atomic E-state index is 0.586. The summed E-state index contributed by atoms with van der Waals surface area (Å²) in [5.41, 5.74) is 0. The lowest BCUT2D eigenvalue weighted by molar-refractivity contribution is 0.396. The Balaban J connectivity index is 1.83. The quantitative estimate of drug-likeness (QED) is 0.704. The van der Waals surface area contributed by atoms with E-state index < -0.39 is 0 Å². The summed E-state index contributed by atoms with van der Waals surface area (Å²) in [6, 6.07) is 1.98. The summed E-state index contributed by atoms with van der Waals surface area (Å²) in [6.07, 6.45) is 4.83. The molecule has 0 bridgehead atoms. The number of hydrogen-bond donors (Lipinski definition) is 2. The molecule has 0 saturated heterocycles.